The van der Waals surface area contributed by atoms with Crippen molar-refractivity contribution in [2.75, 3.05) is 14.1 Å². The summed E-state index contributed by atoms with van der Waals surface area (Å²) in [6.07, 6.45) is 0.287. The highest BCUT2D eigenvalue weighted by atomic mass is 16.2. The van der Waals surface area contributed by atoms with E-state index in [0.29, 0.717) is 5.56 Å². The van der Waals surface area contributed by atoms with Crippen molar-refractivity contribution < 1.29 is 14.4 Å². The summed E-state index contributed by atoms with van der Waals surface area (Å²) in [5, 5.41) is 4.43. The smallest absolute Gasteiger partial charge is 0.307 e. The van der Waals surface area contributed by atoms with Crippen LogP contribution in [0.3, 0.4) is 0 Å². The van der Waals surface area contributed by atoms with Crippen molar-refractivity contribution in [3.63, 3.8) is 0 Å². The Balaban J connectivity index is 2.51. The molecule has 1 atom stereocenters. The molecule has 1 aliphatic heterocycles. The van der Waals surface area contributed by atoms with Crippen LogP contribution < -0.4 is 10.6 Å². The highest BCUT2D eigenvalue weighted by Crippen LogP contribution is 2.32. The molecule has 1 aromatic carbocycles. The third-order valence-electron chi connectivity index (χ3n) is 3.98. The molecular formula is C15H19N3O3. The zero-order valence-electron chi connectivity index (χ0n) is 12.3. The number of nitrogens with zero attached hydrogens (tertiary/aromatic N) is 1. The number of hydrogen-bond acceptors (Lipinski definition) is 4. The van der Waals surface area contributed by atoms with E-state index < -0.39 is 23.3 Å². The molecule has 2 rings (SSSR count). The van der Waals surface area contributed by atoms with Crippen molar-refractivity contribution in [3.05, 3.63) is 35.9 Å². The van der Waals surface area contributed by atoms with E-state index >= 15 is 0 Å². The molecule has 1 heterocycles. The average Bonchev–Trinajstić information content (AvgIpc) is 2.43. The highest BCUT2D eigenvalue weighted by molar-refractivity contribution is 6.22. The van der Waals surface area contributed by atoms with Gasteiger partial charge in [-0.1, -0.05) is 30.3 Å². The van der Waals surface area contributed by atoms with Crippen LogP contribution in [-0.4, -0.2) is 42.9 Å². The predicted octanol–water partition coefficient (Wildman–Crippen LogP) is 0.631. The maximum absolute atomic E-state index is 12.5. The van der Waals surface area contributed by atoms with Crippen molar-refractivity contribution in [2.45, 2.75) is 24.8 Å². The van der Waals surface area contributed by atoms with Gasteiger partial charge >= 0.3 is 6.03 Å². The molecule has 0 aliphatic carbocycles. The molecule has 1 fully saturated rings. The largest absolute Gasteiger partial charge is 0.328 e. The fraction of sp³-hybridized carbons (Fsp3) is 0.400. The Kier molecular flexibility index (Phi) is 4.09. The van der Waals surface area contributed by atoms with Gasteiger partial charge in [-0.15, -0.1) is 0 Å². The van der Waals surface area contributed by atoms with Crippen LogP contribution in [0.4, 0.5) is 4.79 Å². The van der Waals surface area contributed by atoms with E-state index in [4.69, 9.17) is 0 Å². The lowest BCUT2D eigenvalue weighted by atomic mass is 9.73. The molecule has 6 nitrogen and oxygen atoms in total. The number of carbonyl (C=O) groups excluding carboxylic acids is 3. The van der Waals surface area contributed by atoms with E-state index in [-0.39, 0.29) is 12.5 Å². The molecule has 0 aromatic heterocycles. The average molecular weight is 289 g/mol. The van der Waals surface area contributed by atoms with Gasteiger partial charge in [0.2, 0.25) is 11.8 Å². The molecule has 0 spiro atoms. The lowest BCUT2D eigenvalue weighted by Crippen LogP contribution is -2.65. The molecule has 112 valence electrons. The molecule has 1 unspecified atom stereocenters. The number of amides is 4. The monoisotopic (exact) mass is 289 g/mol. The number of nitrogens with one attached hydrogen (secondary N) is 2. The summed E-state index contributed by atoms with van der Waals surface area (Å²) < 4.78 is 0. The third kappa shape index (κ3) is 2.67. The van der Waals surface area contributed by atoms with Crippen LogP contribution in [0.5, 0.6) is 0 Å². The quantitative estimate of drug-likeness (QED) is 0.797. The molecule has 1 saturated heterocycles. The van der Waals surface area contributed by atoms with E-state index in [9.17, 15) is 14.4 Å². The molecule has 6 heteroatoms. The van der Waals surface area contributed by atoms with E-state index in [1.165, 1.54) is 0 Å². The highest BCUT2D eigenvalue weighted by Gasteiger charge is 2.52. The van der Waals surface area contributed by atoms with Gasteiger partial charge < -0.3 is 4.90 Å². The van der Waals surface area contributed by atoms with Gasteiger partial charge in [0.1, 0.15) is 0 Å². The molecular weight excluding hydrogens is 270 g/mol. The predicted molar refractivity (Wildman–Crippen MR) is 77.6 cm³/mol. The summed E-state index contributed by atoms with van der Waals surface area (Å²) in [5.41, 5.74) is -0.806. The lowest BCUT2D eigenvalue weighted by Gasteiger charge is -2.37. The molecule has 1 aliphatic rings. The number of urea groups is 1. The molecule has 0 bridgehead atoms. The maximum Gasteiger partial charge on any atom is 0.328 e. The van der Waals surface area contributed by atoms with Crippen LogP contribution in [0.25, 0.3) is 0 Å². The minimum absolute atomic E-state index is 0.0186. The lowest BCUT2D eigenvalue weighted by molar-refractivity contribution is -0.139. The Hall–Kier alpha value is -2.21. The first kappa shape index (κ1) is 15.2. The van der Waals surface area contributed by atoms with E-state index in [1.54, 1.807) is 24.3 Å². The normalized spacial score (nSPS) is 19.1. The SMILES string of the molecule is CC(CC1(c2ccccc2)C(=O)NC(=O)NC1=O)N(C)C. The minimum Gasteiger partial charge on any atom is -0.307 e. The van der Waals surface area contributed by atoms with Gasteiger partial charge in [-0.25, -0.2) is 4.79 Å². The van der Waals surface area contributed by atoms with E-state index in [2.05, 4.69) is 10.6 Å². The second-order valence-electron chi connectivity index (χ2n) is 5.53. The molecule has 0 saturated carbocycles. The first-order chi connectivity index (χ1) is 9.87. The number of imide groups is 2. The number of carbonyl (C=O) groups is 3. The van der Waals surface area contributed by atoms with Crippen molar-refractivity contribution in [1.29, 1.82) is 0 Å². The van der Waals surface area contributed by atoms with Crippen LogP contribution >= 0.6 is 0 Å². The second-order valence-corrected chi connectivity index (χ2v) is 5.53. The number of rotatable bonds is 4. The number of hydrogen-bond donors (Lipinski definition) is 2. The van der Waals surface area contributed by atoms with Crippen LogP contribution in [0.15, 0.2) is 30.3 Å². The van der Waals surface area contributed by atoms with Crippen molar-refractivity contribution in [2.24, 2.45) is 0 Å². The third-order valence-corrected chi connectivity index (χ3v) is 3.98. The Morgan fingerprint density at radius 2 is 1.57 bits per heavy atom. The molecule has 1 aromatic rings. The van der Waals surface area contributed by atoms with Gasteiger partial charge in [0.25, 0.3) is 0 Å². The second kappa shape index (κ2) is 5.65. The van der Waals surface area contributed by atoms with Gasteiger partial charge in [0, 0.05) is 6.04 Å². The summed E-state index contributed by atoms with van der Waals surface area (Å²) in [6.45, 7) is 1.93. The van der Waals surface area contributed by atoms with Gasteiger partial charge in [-0.3, -0.25) is 20.2 Å². The molecule has 0 radical (unpaired) electrons. The summed E-state index contributed by atoms with van der Waals surface area (Å²) in [4.78, 5) is 38.2. The van der Waals surface area contributed by atoms with Crippen molar-refractivity contribution >= 4 is 17.8 Å². The first-order valence-electron chi connectivity index (χ1n) is 6.76. The fourth-order valence-corrected chi connectivity index (χ4v) is 2.47. The fourth-order valence-electron chi connectivity index (χ4n) is 2.47. The number of benzene rings is 1. The van der Waals surface area contributed by atoms with Crippen LogP contribution in [0, 0.1) is 0 Å². The molecule has 21 heavy (non-hydrogen) atoms. The zero-order chi connectivity index (χ0) is 15.6. The number of barbiturate groups is 1. The minimum atomic E-state index is -1.39. The van der Waals surface area contributed by atoms with E-state index in [0.717, 1.165) is 0 Å². The first-order valence-corrected chi connectivity index (χ1v) is 6.76. The van der Waals surface area contributed by atoms with Crippen molar-refractivity contribution in [3.8, 4) is 0 Å². The Morgan fingerprint density at radius 3 is 2.05 bits per heavy atom. The summed E-state index contributed by atoms with van der Waals surface area (Å²) in [7, 11) is 3.76. The van der Waals surface area contributed by atoms with Crippen LogP contribution in [-0.2, 0) is 15.0 Å². The van der Waals surface area contributed by atoms with Crippen LogP contribution in [0.1, 0.15) is 18.9 Å². The van der Waals surface area contributed by atoms with Gasteiger partial charge in [-0.2, -0.15) is 0 Å². The van der Waals surface area contributed by atoms with Crippen LogP contribution in [0.2, 0.25) is 0 Å². The Morgan fingerprint density at radius 1 is 1.05 bits per heavy atom. The van der Waals surface area contributed by atoms with Crippen molar-refractivity contribution in [1.82, 2.24) is 15.5 Å². The van der Waals surface area contributed by atoms with Gasteiger partial charge in [0.05, 0.1) is 0 Å². The summed E-state index contributed by atoms with van der Waals surface area (Å²) in [5.74, 6) is -1.15. The summed E-state index contributed by atoms with van der Waals surface area (Å²) in [6, 6.07) is 8.04. The Labute approximate surface area is 123 Å². The molecule has 2 N–H and O–H groups in total. The summed E-state index contributed by atoms with van der Waals surface area (Å²) >= 11 is 0. The Bertz CT molecular complexity index is 549. The van der Waals surface area contributed by atoms with Gasteiger partial charge in [-0.05, 0) is 33.0 Å². The topological polar surface area (TPSA) is 78.5 Å². The van der Waals surface area contributed by atoms with Gasteiger partial charge in [0.15, 0.2) is 5.41 Å². The van der Waals surface area contributed by atoms with E-state index in [1.807, 2.05) is 32.0 Å². The zero-order valence-corrected chi connectivity index (χ0v) is 12.3. The standard InChI is InChI=1S/C15H19N3O3/c1-10(18(2)3)9-15(11-7-5-4-6-8-11)12(19)16-14(21)17-13(15)20/h4-8,10H,9H2,1-3H3,(H2,16,17,19,20,21). The molecule has 4 amide bonds. The maximum atomic E-state index is 12.5.